The van der Waals surface area contributed by atoms with Crippen LogP contribution in [0.1, 0.15) is 20.7 Å². The van der Waals surface area contributed by atoms with E-state index in [1.165, 1.54) is 24.3 Å². The number of para-hydroxylation sites is 2. The largest absolute Gasteiger partial charge is 0.507 e. The highest BCUT2D eigenvalue weighted by Crippen LogP contribution is 2.19. The van der Waals surface area contributed by atoms with Crippen LogP contribution in [0.5, 0.6) is 11.5 Å². The fourth-order valence-electron chi connectivity index (χ4n) is 1.64. The van der Waals surface area contributed by atoms with E-state index in [-0.39, 0.29) is 22.6 Å². The smallest absolute Gasteiger partial charge is 0.344 e. The molecule has 21 heavy (non-hydrogen) atoms. The molecule has 108 valence electrons. The first-order chi connectivity index (χ1) is 10.1. The highest BCUT2D eigenvalue weighted by Gasteiger charge is 2.13. The van der Waals surface area contributed by atoms with E-state index >= 15 is 0 Å². The molecule has 0 atom stereocenters. The maximum atomic E-state index is 11.7. The summed E-state index contributed by atoms with van der Waals surface area (Å²) >= 11 is 0. The van der Waals surface area contributed by atoms with Gasteiger partial charge in [-0.15, -0.1) is 0 Å². The Bertz CT molecular complexity index is 665. The molecule has 0 radical (unpaired) electrons. The van der Waals surface area contributed by atoms with Crippen molar-refractivity contribution >= 4 is 11.9 Å². The zero-order valence-corrected chi connectivity index (χ0v) is 10.9. The molecule has 0 amide bonds. The maximum Gasteiger partial charge on any atom is 0.344 e. The summed E-state index contributed by atoms with van der Waals surface area (Å²) in [6.07, 6.45) is 0. The van der Waals surface area contributed by atoms with Gasteiger partial charge in [0.2, 0.25) is 6.79 Å². The molecule has 0 aliphatic carbocycles. The minimum atomic E-state index is -1.14. The monoisotopic (exact) mass is 288 g/mol. The molecule has 0 aliphatic heterocycles. The fourth-order valence-corrected chi connectivity index (χ4v) is 1.64. The van der Waals surface area contributed by atoms with E-state index in [9.17, 15) is 14.7 Å². The minimum absolute atomic E-state index is 0.00706. The summed E-state index contributed by atoms with van der Waals surface area (Å²) in [7, 11) is 0. The molecular weight excluding hydrogens is 276 g/mol. The van der Waals surface area contributed by atoms with Gasteiger partial charge in [-0.3, -0.25) is 0 Å². The first-order valence-corrected chi connectivity index (χ1v) is 6.00. The average molecular weight is 288 g/mol. The van der Waals surface area contributed by atoms with Crippen molar-refractivity contribution < 1.29 is 29.3 Å². The number of ether oxygens (including phenoxy) is 2. The molecule has 0 heterocycles. The summed E-state index contributed by atoms with van der Waals surface area (Å²) in [5.41, 5.74) is -0.0243. The summed E-state index contributed by atoms with van der Waals surface area (Å²) in [6, 6.07) is 11.9. The van der Waals surface area contributed by atoms with E-state index in [4.69, 9.17) is 14.6 Å². The Morgan fingerprint density at radius 1 is 0.952 bits per heavy atom. The standard InChI is InChI=1S/C15H12O6/c16-12-7-3-1-5-10(12)15(19)21-9-20-13-8-4-2-6-11(13)14(17)18/h1-8,16H,9H2,(H,17,18). The van der Waals surface area contributed by atoms with Crippen molar-refractivity contribution in [3.05, 3.63) is 59.7 Å². The molecule has 0 saturated heterocycles. The molecule has 2 aromatic carbocycles. The molecule has 0 fully saturated rings. The van der Waals surface area contributed by atoms with E-state index in [1.54, 1.807) is 24.3 Å². The summed E-state index contributed by atoms with van der Waals surface area (Å²) in [4.78, 5) is 22.7. The lowest BCUT2D eigenvalue weighted by atomic mass is 10.2. The normalized spacial score (nSPS) is 9.90. The molecule has 2 rings (SSSR count). The number of hydrogen-bond acceptors (Lipinski definition) is 5. The highest BCUT2D eigenvalue weighted by molar-refractivity contribution is 5.92. The molecule has 0 aliphatic rings. The van der Waals surface area contributed by atoms with E-state index in [2.05, 4.69) is 0 Å². The van der Waals surface area contributed by atoms with Gasteiger partial charge in [-0.2, -0.15) is 0 Å². The lowest BCUT2D eigenvalue weighted by Crippen LogP contribution is -2.12. The van der Waals surface area contributed by atoms with Crippen LogP contribution in [-0.4, -0.2) is 28.9 Å². The topological polar surface area (TPSA) is 93.1 Å². The quantitative estimate of drug-likeness (QED) is 0.647. The number of carbonyl (C=O) groups excluding carboxylic acids is 1. The van der Waals surface area contributed by atoms with Gasteiger partial charge < -0.3 is 19.7 Å². The van der Waals surface area contributed by atoms with Crippen molar-refractivity contribution in [2.24, 2.45) is 0 Å². The zero-order chi connectivity index (χ0) is 15.2. The second-order valence-corrected chi connectivity index (χ2v) is 4.01. The second-order valence-electron chi connectivity index (χ2n) is 4.01. The molecule has 6 nitrogen and oxygen atoms in total. The van der Waals surface area contributed by atoms with Crippen LogP contribution in [0.3, 0.4) is 0 Å². The first-order valence-electron chi connectivity index (χ1n) is 6.00. The molecule has 0 aromatic heterocycles. The summed E-state index contributed by atoms with van der Waals surface area (Å²) in [6.45, 7) is -0.461. The number of phenols is 1. The SMILES string of the molecule is O=C(OCOc1ccccc1C(=O)O)c1ccccc1O. The molecule has 2 aromatic rings. The van der Waals surface area contributed by atoms with E-state index in [1.807, 2.05) is 0 Å². The van der Waals surface area contributed by atoms with Crippen molar-refractivity contribution in [2.75, 3.05) is 6.79 Å². The van der Waals surface area contributed by atoms with Gasteiger partial charge >= 0.3 is 11.9 Å². The van der Waals surface area contributed by atoms with Crippen LogP contribution in [0.15, 0.2) is 48.5 Å². The van der Waals surface area contributed by atoms with Gasteiger partial charge in [0.25, 0.3) is 0 Å². The Morgan fingerprint density at radius 3 is 2.24 bits per heavy atom. The van der Waals surface area contributed by atoms with Gasteiger partial charge in [0.1, 0.15) is 22.6 Å². The second kappa shape index (κ2) is 6.42. The van der Waals surface area contributed by atoms with Crippen LogP contribution >= 0.6 is 0 Å². The van der Waals surface area contributed by atoms with Crippen molar-refractivity contribution in [1.29, 1.82) is 0 Å². The van der Waals surface area contributed by atoms with Gasteiger partial charge in [0.05, 0.1) is 0 Å². The summed E-state index contributed by atoms with van der Waals surface area (Å²) in [5.74, 6) is -2.01. The number of rotatable bonds is 5. The number of carboxylic acids is 1. The van der Waals surface area contributed by atoms with Crippen molar-refractivity contribution in [2.45, 2.75) is 0 Å². The van der Waals surface area contributed by atoms with Crippen molar-refractivity contribution in [3.8, 4) is 11.5 Å². The molecule has 0 saturated carbocycles. The molecule has 2 N–H and O–H groups in total. The molecule has 6 heteroatoms. The van der Waals surface area contributed by atoms with Gasteiger partial charge in [0, 0.05) is 0 Å². The van der Waals surface area contributed by atoms with Crippen LogP contribution in [-0.2, 0) is 4.74 Å². The van der Waals surface area contributed by atoms with Gasteiger partial charge in [0.15, 0.2) is 0 Å². The number of esters is 1. The Morgan fingerprint density at radius 2 is 1.57 bits per heavy atom. The maximum absolute atomic E-state index is 11.7. The van der Waals surface area contributed by atoms with Gasteiger partial charge in [-0.25, -0.2) is 9.59 Å². The van der Waals surface area contributed by atoms with Crippen molar-refractivity contribution in [1.82, 2.24) is 0 Å². The number of carboxylic acid groups (broad SMARTS) is 1. The average Bonchev–Trinajstić information content (AvgIpc) is 2.48. The van der Waals surface area contributed by atoms with Crippen LogP contribution in [0.4, 0.5) is 0 Å². The minimum Gasteiger partial charge on any atom is -0.507 e. The molecule has 0 unspecified atom stereocenters. The van der Waals surface area contributed by atoms with Crippen LogP contribution < -0.4 is 4.74 Å². The van der Waals surface area contributed by atoms with Crippen LogP contribution in [0.25, 0.3) is 0 Å². The Balaban J connectivity index is 1.98. The van der Waals surface area contributed by atoms with Crippen LogP contribution in [0.2, 0.25) is 0 Å². The number of aromatic carboxylic acids is 1. The Kier molecular flexibility index (Phi) is 4.40. The fraction of sp³-hybridized carbons (Fsp3) is 0.0667. The van der Waals surface area contributed by atoms with E-state index in [0.717, 1.165) is 0 Å². The van der Waals surface area contributed by atoms with E-state index < -0.39 is 18.7 Å². The first kappa shape index (κ1) is 14.4. The number of aromatic hydroxyl groups is 1. The highest BCUT2D eigenvalue weighted by atomic mass is 16.7. The number of phenolic OH excluding ortho intramolecular Hbond substituents is 1. The van der Waals surface area contributed by atoms with Crippen LogP contribution in [0, 0.1) is 0 Å². The predicted molar refractivity (Wildman–Crippen MR) is 72.4 cm³/mol. The summed E-state index contributed by atoms with van der Waals surface area (Å²) < 4.78 is 9.96. The number of carbonyl (C=O) groups is 2. The Hall–Kier alpha value is -3.02. The summed E-state index contributed by atoms with van der Waals surface area (Å²) in [5, 5.41) is 18.5. The zero-order valence-electron chi connectivity index (χ0n) is 10.9. The lowest BCUT2D eigenvalue weighted by Gasteiger charge is -2.09. The lowest BCUT2D eigenvalue weighted by molar-refractivity contribution is 0.0148. The predicted octanol–water partition coefficient (Wildman–Crippen LogP) is 2.28. The van der Waals surface area contributed by atoms with Gasteiger partial charge in [-0.05, 0) is 24.3 Å². The molecule has 0 spiro atoms. The van der Waals surface area contributed by atoms with Crippen molar-refractivity contribution in [3.63, 3.8) is 0 Å². The number of benzene rings is 2. The third-order valence-corrected chi connectivity index (χ3v) is 2.65. The third kappa shape index (κ3) is 3.50. The molecule has 0 bridgehead atoms. The Labute approximate surface area is 120 Å². The number of hydrogen-bond donors (Lipinski definition) is 2. The van der Waals surface area contributed by atoms with E-state index in [0.29, 0.717) is 0 Å². The third-order valence-electron chi connectivity index (χ3n) is 2.65. The van der Waals surface area contributed by atoms with Gasteiger partial charge in [-0.1, -0.05) is 24.3 Å². The molecular formula is C15H12O6.